The average molecular weight is 383 g/mol. The fourth-order valence-electron chi connectivity index (χ4n) is 1.76. The molecular weight excluding hydrogens is 364 g/mol. The van der Waals surface area contributed by atoms with Crippen molar-refractivity contribution >= 4 is 47.3 Å². The molecule has 0 saturated heterocycles. The first-order valence-electron chi connectivity index (χ1n) is 7.30. The number of carbonyl (C=O) groups excluding carboxylic acids is 2. The first kappa shape index (κ1) is 18.6. The molecule has 0 spiro atoms. The van der Waals surface area contributed by atoms with E-state index in [1.165, 1.54) is 23.1 Å². The predicted molar refractivity (Wildman–Crippen MR) is 99.4 cm³/mol. The Morgan fingerprint density at radius 2 is 1.92 bits per heavy atom. The van der Waals surface area contributed by atoms with Gasteiger partial charge in [0.15, 0.2) is 8.29 Å². The van der Waals surface area contributed by atoms with Crippen LogP contribution in [0.15, 0.2) is 34.7 Å². The van der Waals surface area contributed by atoms with E-state index >= 15 is 0 Å². The minimum atomic E-state index is -0.495. The maximum Gasteiger partial charge on any atom is 0.321 e. The number of nitrogens with one attached hydrogen (secondary N) is 2. The van der Waals surface area contributed by atoms with Gasteiger partial charge in [0.2, 0.25) is 5.91 Å². The fourth-order valence-corrected chi connectivity index (χ4v) is 4.26. The molecule has 2 N–H and O–H groups in total. The molecule has 6 nitrogen and oxygen atoms in total. The molecule has 1 aromatic heterocycles. The molecule has 0 aliphatic rings. The Balaban J connectivity index is 2.02. The third kappa shape index (κ3) is 5.15. The minimum Gasteiger partial charge on any atom is -0.336 e. The second kappa shape index (κ2) is 8.41. The van der Waals surface area contributed by atoms with E-state index in [0.29, 0.717) is 8.29 Å². The van der Waals surface area contributed by atoms with Crippen LogP contribution in [-0.4, -0.2) is 33.0 Å². The first-order valence-corrected chi connectivity index (χ1v) is 9.41. The third-order valence-corrected chi connectivity index (χ3v) is 5.25. The van der Waals surface area contributed by atoms with Crippen molar-refractivity contribution in [3.05, 3.63) is 34.3 Å². The van der Waals surface area contributed by atoms with E-state index in [-0.39, 0.29) is 11.9 Å². The number of thioether (sulfide) groups is 1. The van der Waals surface area contributed by atoms with Gasteiger partial charge in [0.25, 0.3) is 0 Å². The zero-order valence-corrected chi connectivity index (χ0v) is 15.9. The van der Waals surface area contributed by atoms with E-state index in [0.717, 1.165) is 5.69 Å². The van der Waals surface area contributed by atoms with Crippen molar-refractivity contribution in [3.63, 3.8) is 0 Å². The summed E-state index contributed by atoms with van der Waals surface area (Å²) in [4.78, 5) is 23.6. The third-order valence-electron chi connectivity index (χ3n) is 2.83. The summed E-state index contributed by atoms with van der Waals surface area (Å²) in [6.45, 7) is 5.37. The van der Waals surface area contributed by atoms with Crippen LogP contribution in [-0.2, 0) is 4.79 Å². The Bertz CT molecular complexity index is 771. The Hall–Kier alpha value is -1.71. The van der Waals surface area contributed by atoms with Crippen LogP contribution in [0.4, 0.5) is 4.79 Å². The van der Waals surface area contributed by atoms with Crippen molar-refractivity contribution in [2.75, 3.05) is 0 Å². The number of urea groups is 1. The average Bonchev–Trinajstić information content (AvgIpc) is 2.87. The van der Waals surface area contributed by atoms with Crippen LogP contribution in [0.1, 0.15) is 20.8 Å². The van der Waals surface area contributed by atoms with E-state index in [4.69, 9.17) is 12.2 Å². The Morgan fingerprint density at radius 1 is 1.25 bits per heavy atom. The summed E-state index contributed by atoms with van der Waals surface area (Å²) in [5.41, 5.74) is 0.874. The molecule has 0 aliphatic heterocycles. The first-order chi connectivity index (χ1) is 11.4. The van der Waals surface area contributed by atoms with Crippen LogP contribution < -0.4 is 10.6 Å². The molecule has 3 amide bonds. The highest BCUT2D eigenvalue weighted by Crippen LogP contribution is 2.27. The largest absolute Gasteiger partial charge is 0.336 e. The number of benzene rings is 1. The molecule has 128 valence electrons. The van der Waals surface area contributed by atoms with Gasteiger partial charge in [-0.05, 0) is 45.1 Å². The van der Waals surface area contributed by atoms with Crippen molar-refractivity contribution in [1.82, 2.24) is 20.4 Å². The summed E-state index contributed by atoms with van der Waals surface area (Å²) in [6.07, 6.45) is 0. The number of rotatable bonds is 5. The van der Waals surface area contributed by atoms with Crippen molar-refractivity contribution in [1.29, 1.82) is 0 Å². The number of hydrogen-bond donors (Lipinski definition) is 2. The van der Waals surface area contributed by atoms with Crippen LogP contribution in [0.5, 0.6) is 0 Å². The topological polar surface area (TPSA) is 76.0 Å². The van der Waals surface area contributed by atoms with Gasteiger partial charge in [-0.25, -0.2) is 9.48 Å². The van der Waals surface area contributed by atoms with Crippen LogP contribution in [0.3, 0.4) is 0 Å². The lowest BCUT2D eigenvalue weighted by atomic mass is 10.3. The van der Waals surface area contributed by atoms with Gasteiger partial charge in [0.05, 0.1) is 10.9 Å². The molecule has 2 aromatic rings. The van der Waals surface area contributed by atoms with Crippen LogP contribution in [0, 0.1) is 3.95 Å². The number of carbonyl (C=O) groups is 2. The number of hydrogen-bond acceptors (Lipinski definition) is 6. The molecule has 9 heteroatoms. The lowest BCUT2D eigenvalue weighted by molar-refractivity contribution is -0.119. The standard InChI is InChI=1S/C15H18N4O2S3/c1-9(2)16-13(21)17-12(20)10(3)23-14-18-19(15(22)24-14)11-7-5-4-6-8-11/h4-10H,1-3H3,(H2,16,17,20,21)/t10-/m0/s1. The Morgan fingerprint density at radius 3 is 2.54 bits per heavy atom. The number of aromatic nitrogens is 2. The van der Waals surface area contributed by atoms with Crippen molar-refractivity contribution in [2.45, 2.75) is 36.4 Å². The fraction of sp³-hybridized carbons (Fsp3) is 0.333. The second-order valence-electron chi connectivity index (χ2n) is 5.26. The molecule has 0 fully saturated rings. The highest BCUT2D eigenvalue weighted by Gasteiger charge is 2.19. The van der Waals surface area contributed by atoms with Crippen LogP contribution in [0.2, 0.25) is 0 Å². The van der Waals surface area contributed by atoms with E-state index in [1.54, 1.807) is 11.6 Å². The molecule has 0 bridgehead atoms. The molecule has 1 aromatic carbocycles. The summed E-state index contributed by atoms with van der Waals surface area (Å²) in [7, 11) is 0. The van der Waals surface area contributed by atoms with Gasteiger partial charge in [0.1, 0.15) is 0 Å². The maximum absolute atomic E-state index is 12.1. The molecular formula is C15H18N4O2S3. The summed E-state index contributed by atoms with van der Waals surface area (Å²) in [6, 6.07) is 9.03. The molecule has 1 heterocycles. The van der Waals surface area contributed by atoms with Crippen molar-refractivity contribution in [3.8, 4) is 5.69 Å². The highest BCUT2D eigenvalue weighted by molar-refractivity contribution is 8.02. The molecule has 0 radical (unpaired) electrons. The normalized spacial score (nSPS) is 12.0. The zero-order valence-electron chi connectivity index (χ0n) is 13.5. The monoisotopic (exact) mass is 382 g/mol. The Kier molecular flexibility index (Phi) is 6.52. The smallest absolute Gasteiger partial charge is 0.321 e. The highest BCUT2D eigenvalue weighted by atomic mass is 32.2. The van der Waals surface area contributed by atoms with Gasteiger partial charge >= 0.3 is 6.03 Å². The lowest BCUT2D eigenvalue weighted by Crippen LogP contribution is -2.45. The van der Waals surface area contributed by atoms with Gasteiger partial charge in [0, 0.05) is 6.04 Å². The zero-order chi connectivity index (χ0) is 17.7. The van der Waals surface area contributed by atoms with E-state index in [2.05, 4.69) is 15.7 Å². The quantitative estimate of drug-likeness (QED) is 0.612. The summed E-state index contributed by atoms with van der Waals surface area (Å²) in [5.74, 6) is -0.370. The number of amides is 3. The van der Waals surface area contributed by atoms with Gasteiger partial charge in [-0.2, -0.15) is 0 Å². The van der Waals surface area contributed by atoms with Crippen molar-refractivity contribution < 1.29 is 9.59 Å². The Labute approximate surface area is 153 Å². The number of imide groups is 1. The van der Waals surface area contributed by atoms with Crippen LogP contribution in [0.25, 0.3) is 5.69 Å². The van der Waals surface area contributed by atoms with E-state index in [1.807, 2.05) is 44.2 Å². The van der Waals surface area contributed by atoms with Crippen molar-refractivity contribution in [2.24, 2.45) is 0 Å². The van der Waals surface area contributed by atoms with Crippen LogP contribution >= 0.6 is 35.3 Å². The summed E-state index contributed by atoms with van der Waals surface area (Å²) in [5, 5.41) is 8.91. The van der Waals surface area contributed by atoms with E-state index in [9.17, 15) is 9.59 Å². The molecule has 0 unspecified atom stereocenters. The SMILES string of the molecule is CC(C)NC(=O)NC(=O)[C@H](C)Sc1nn(-c2ccccc2)c(=S)s1. The molecule has 1 atom stereocenters. The number of para-hydroxylation sites is 1. The summed E-state index contributed by atoms with van der Waals surface area (Å²) < 4.78 is 2.95. The van der Waals surface area contributed by atoms with E-state index < -0.39 is 11.3 Å². The molecule has 2 rings (SSSR count). The van der Waals surface area contributed by atoms with Gasteiger partial charge in [-0.3, -0.25) is 10.1 Å². The predicted octanol–water partition coefficient (Wildman–Crippen LogP) is 3.38. The lowest BCUT2D eigenvalue weighted by Gasteiger charge is -2.12. The summed E-state index contributed by atoms with van der Waals surface area (Å²) >= 11 is 7.94. The number of nitrogens with zero attached hydrogens (tertiary/aromatic N) is 2. The minimum absolute atomic E-state index is 0.0349. The maximum atomic E-state index is 12.1. The molecule has 0 saturated carbocycles. The second-order valence-corrected chi connectivity index (χ2v) is 8.47. The van der Waals surface area contributed by atoms with Gasteiger partial charge < -0.3 is 5.32 Å². The van der Waals surface area contributed by atoms with Gasteiger partial charge in [-0.1, -0.05) is 41.3 Å². The molecule has 24 heavy (non-hydrogen) atoms. The molecule has 0 aliphatic carbocycles. The van der Waals surface area contributed by atoms with Gasteiger partial charge in [-0.15, -0.1) is 5.10 Å².